The molecule has 0 bridgehead atoms. The highest BCUT2D eigenvalue weighted by atomic mass is 16.5. The molecule has 0 aromatic rings. The summed E-state index contributed by atoms with van der Waals surface area (Å²) >= 11 is 0. The number of nitrogens with one attached hydrogen (secondary N) is 1. The molecule has 4 atom stereocenters. The van der Waals surface area contributed by atoms with Crippen LogP contribution in [0.1, 0.15) is 53.4 Å². The lowest BCUT2D eigenvalue weighted by molar-refractivity contribution is 0.0660. The number of hydrogen-bond acceptors (Lipinski definition) is 3. The van der Waals surface area contributed by atoms with Gasteiger partial charge in [-0.3, -0.25) is 4.90 Å². The van der Waals surface area contributed by atoms with Crippen molar-refractivity contribution in [1.29, 1.82) is 0 Å². The van der Waals surface area contributed by atoms with Gasteiger partial charge in [0.05, 0.1) is 6.61 Å². The van der Waals surface area contributed by atoms with Crippen molar-refractivity contribution in [3.63, 3.8) is 0 Å². The Morgan fingerprint density at radius 2 is 1.95 bits per heavy atom. The number of nitrogens with zero attached hydrogens (tertiary/aromatic N) is 1. The Bertz CT molecular complexity index is 313. The molecule has 21 heavy (non-hydrogen) atoms. The maximum absolute atomic E-state index is 5.37. The Balaban J connectivity index is 2.01. The van der Waals surface area contributed by atoms with Gasteiger partial charge in [-0.1, -0.05) is 27.7 Å². The molecule has 0 amide bonds. The number of likely N-dealkylation sites (N-methyl/N-ethyl adjacent to an activating group) is 1. The van der Waals surface area contributed by atoms with Crippen molar-refractivity contribution in [2.24, 2.45) is 17.3 Å². The van der Waals surface area contributed by atoms with Crippen LogP contribution < -0.4 is 5.32 Å². The number of methoxy groups -OCH3 is 1. The zero-order valence-corrected chi connectivity index (χ0v) is 14.8. The topological polar surface area (TPSA) is 24.5 Å². The highest BCUT2D eigenvalue weighted by molar-refractivity contribution is 4.96. The molecule has 124 valence electrons. The second-order valence-corrected chi connectivity index (χ2v) is 8.21. The van der Waals surface area contributed by atoms with Gasteiger partial charge in [-0.05, 0) is 56.0 Å². The van der Waals surface area contributed by atoms with Crippen LogP contribution in [0.15, 0.2) is 0 Å². The molecule has 0 aromatic carbocycles. The van der Waals surface area contributed by atoms with Gasteiger partial charge in [0.25, 0.3) is 0 Å². The summed E-state index contributed by atoms with van der Waals surface area (Å²) in [7, 11) is 1.83. The van der Waals surface area contributed by atoms with Crippen LogP contribution >= 0.6 is 0 Å². The van der Waals surface area contributed by atoms with E-state index in [0.29, 0.717) is 11.5 Å². The molecule has 0 aromatic heterocycles. The molecule has 0 spiro atoms. The standard InChI is InChI=1S/C18H36N2O/c1-6-19-16-8-7-15(18(2,3)4)11-17(16)20-10-9-14(12-20)13-21-5/h14-17,19H,6-13H2,1-5H3. The maximum atomic E-state index is 5.37. The maximum Gasteiger partial charge on any atom is 0.0503 e. The molecule has 1 saturated carbocycles. The highest BCUT2D eigenvalue weighted by Gasteiger charge is 2.40. The normalized spacial score (nSPS) is 35.3. The highest BCUT2D eigenvalue weighted by Crippen LogP contribution is 2.40. The second-order valence-electron chi connectivity index (χ2n) is 8.21. The van der Waals surface area contributed by atoms with Crippen LogP contribution in [-0.4, -0.2) is 50.3 Å². The molecule has 3 nitrogen and oxygen atoms in total. The van der Waals surface area contributed by atoms with Gasteiger partial charge in [-0.15, -0.1) is 0 Å². The van der Waals surface area contributed by atoms with Gasteiger partial charge in [0, 0.05) is 25.7 Å². The SMILES string of the molecule is CCNC1CCC(C(C)(C)C)CC1N1CCC(COC)C1. The van der Waals surface area contributed by atoms with Crippen LogP contribution in [-0.2, 0) is 4.74 Å². The summed E-state index contributed by atoms with van der Waals surface area (Å²) in [6.07, 6.45) is 5.39. The molecule has 0 radical (unpaired) electrons. The fourth-order valence-corrected chi connectivity index (χ4v) is 4.37. The van der Waals surface area contributed by atoms with E-state index in [0.717, 1.165) is 31.0 Å². The summed E-state index contributed by atoms with van der Waals surface area (Å²) in [6, 6.07) is 1.42. The average molecular weight is 296 g/mol. The van der Waals surface area contributed by atoms with Gasteiger partial charge < -0.3 is 10.1 Å². The molecule has 2 rings (SSSR count). The van der Waals surface area contributed by atoms with Crippen molar-refractivity contribution in [2.45, 2.75) is 65.5 Å². The van der Waals surface area contributed by atoms with Gasteiger partial charge in [-0.2, -0.15) is 0 Å². The molecule has 4 unspecified atom stereocenters. The van der Waals surface area contributed by atoms with Crippen molar-refractivity contribution in [3.8, 4) is 0 Å². The first-order valence-electron chi connectivity index (χ1n) is 8.92. The predicted octanol–water partition coefficient (Wildman–Crippen LogP) is 3.15. The summed E-state index contributed by atoms with van der Waals surface area (Å²) in [5, 5.41) is 3.76. The third-order valence-electron chi connectivity index (χ3n) is 5.70. The van der Waals surface area contributed by atoms with E-state index in [1.807, 2.05) is 7.11 Å². The summed E-state index contributed by atoms with van der Waals surface area (Å²) in [5.41, 5.74) is 0.446. The second kappa shape index (κ2) is 7.43. The third kappa shape index (κ3) is 4.43. The Morgan fingerprint density at radius 3 is 2.57 bits per heavy atom. The van der Waals surface area contributed by atoms with Gasteiger partial charge >= 0.3 is 0 Å². The average Bonchev–Trinajstić information content (AvgIpc) is 2.87. The Morgan fingerprint density at radius 1 is 1.19 bits per heavy atom. The minimum atomic E-state index is 0.446. The quantitative estimate of drug-likeness (QED) is 0.843. The molecule has 2 fully saturated rings. The smallest absolute Gasteiger partial charge is 0.0503 e. The lowest BCUT2D eigenvalue weighted by Crippen LogP contribution is -2.53. The Labute approximate surface area is 131 Å². The molecule has 1 N–H and O–H groups in total. The van der Waals surface area contributed by atoms with E-state index in [1.54, 1.807) is 0 Å². The monoisotopic (exact) mass is 296 g/mol. The van der Waals surface area contributed by atoms with E-state index in [2.05, 4.69) is 37.9 Å². The van der Waals surface area contributed by atoms with E-state index >= 15 is 0 Å². The minimum Gasteiger partial charge on any atom is -0.384 e. The summed E-state index contributed by atoms with van der Waals surface area (Å²) in [4.78, 5) is 2.76. The molecule has 1 aliphatic carbocycles. The van der Waals surface area contributed by atoms with Crippen LogP contribution in [0.2, 0.25) is 0 Å². The lowest BCUT2D eigenvalue weighted by Gasteiger charge is -2.45. The number of ether oxygens (including phenoxy) is 1. The van der Waals surface area contributed by atoms with E-state index in [4.69, 9.17) is 4.74 Å². The first kappa shape index (κ1) is 17.2. The van der Waals surface area contributed by atoms with Crippen molar-refractivity contribution in [3.05, 3.63) is 0 Å². The van der Waals surface area contributed by atoms with Crippen molar-refractivity contribution in [1.82, 2.24) is 10.2 Å². The molecule has 2 aliphatic rings. The lowest BCUT2D eigenvalue weighted by atomic mass is 9.69. The number of likely N-dealkylation sites (tertiary alicyclic amines) is 1. The number of hydrogen-bond donors (Lipinski definition) is 1. The first-order valence-corrected chi connectivity index (χ1v) is 8.92. The fourth-order valence-electron chi connectivity index (χ4n) is 4.37. The fraction of sp³-hybridized carbons (Fsp3) is 1.00. The van der Waals surface area contributed by atoms with Gasteiger partial charge in [0.1, 0.15) is 0 Å². The van der Waals surface area contributed by atoms with Crippen molar-refractivity contribution in [2.75, 3.05) is 33.4 Å². The van der Waals surface area contributed by atoms with E-state index < -0.39 is 0 Å². The summed E-state index contributed by atoms with van der Waals surface area (Å²) in [5.74, 6) is 1.60. The summed E-state index contributed by atoms with van der Waals surface area (Å²) < 4.78 is 5.37. The Hall–Kier alpha value is -0.120. The molecule has 1 aliphatic heterocycles. The van der Waals surface area contributed by atoms with Crippen LogP contribution in [0.25, 0.3) is 0 Å². The van der Waals surface area contributed by atoms with E-state index in [1.165, 1.54) is 38.8 Å². The van der Waals surface area contributed by atoms with Crippen LogP contribution in [0.5, 0.6) is 0 Å². The zero-order valence-electron chi connectivity index (χ0n) is 14.8. The van der Waals surface area contributed by atoms with E-state index in [9.17, 15) is 0 Å². The number of rotatable bonds is 5. The predicted molar refractivity (Wildman–Crippen MR) is 89.6 cm³/mol. The van der Waals surface area contributed by atoms with Crippen LogP contribution in [0.4, 0.5) is 0 Å². The molecule has 3 heteroatoms. The third-order valence-corrected chi connectivity index (χ3v) is 5.70. The van der Waals surface area contributed by atoms with E-state index in [-0.39, 0.29) is 0 Å². The summed E-state index contributed by atoms with van der Waals surface area (Å²) in [6.45, 7) is 14.0. The van der Waals surface area contributed by atoms with Gasteiger partial charge in [0.2, 0.25) is 0 Å². The first-order chi connectivity index (χ1) is 9.95. The molecular formula is C18H36N2O. The minimum absolute atomic E-state index is 0.446. The Kier molecular flexibility index (Phi) is 6.10. The molecule has 1 heterocycles. The zero-order chi connectivity index (χ0) is 15.5. The van der Waals surface area contributed by atoms with Crippen molar-refractivity contribution < 1.29 is 4.74 Å². The van der Waals surface area contributed by atoms with Crippen LogP contribution in [0, 0.1) is 17.3 Å². The van der Waals surface area contributed by atoms with Crippen LogP contribution in [0.3, 0.4) is 0 Å². The largest absolute Gasteiger partial charge is 0.384 e. The van der Waals surface area contributed by atoms with Gasteiger partial charge in [0.15, 0.2) is 0 Å². The molecule has 1 saturated heterocycles. The van der Waals surface area contributed by atoms with Gasteiger partial charge in [-0.25, -0.2) is 0 Å². The molecular weight excluding hydrogens is 260 g/mol. The van der Waals surface area contributed by atoms with Crippen molar-refractivity contribution >= 4 is 0 Å².